The van der Waals surface area contributed by atoms with Crippen molar-refractivity contribution in [2.24, 2.45) is 0 Å². The molecule has 1 aromatic carbocycles. The Labute approximate surface area is 112 Å². The molecule has 0 aliphatic heterocycles. The van der Waals surface area contributed by atoms with E-state index in [-0.39, 0.29) is 6.42 Å². The minimum absolute atomic E-state index is 0.184. The molecule has 3 N–H and O–H groups in total. The molecule has 1 aromatic rings. The summed E-state index contributed by atoms with van der Waals surface area (Å²) < 4.78 is 57.7. The highest BCUT2D eigenvalue weighted by atomic mass is 32.2. The molecule has 0 bridgehead atoms. The topological polar surface area (TPSA) is 95.5 Å². The average molecular weight is 312 g/mol. The van der Waals surface area contributed by atoms with Crippen molar-refractivity contribution in [2.75, 3.05) is 0 Å². The van der Waals surface area contributed by atoms with Crippen LogP contribution in [0.25, 0.3) is 0 Å². The number of benzene rings is 1. The highest BCUT2D eigenvalue weighted by molar-refractivity contribution is 7.90. The molecule has 0 unspecified atom stereocenters. The minimum atomic E-state index is -5.64. The van der Waals surface area contributed by atoms with Crippen molar-refractivity contribution in [2.45, 2.75) is 18.0 Å². The summed E-state index contributed by atoms with van der Waals surface area (Å²) in [5.41, 5.74) is -3.33. The van der Waals surface area contributed by atoms with E-state index in [9.17, 15) is 26.4 Å². The molecule has 1 atom stereocenters. The van der Waals surface area contributed by atoms with Gasteiger partial charge in [0.05, 0.1) is 0 Å². The van der Waals surface area contributed by atoms with Gasteiger partial charge in [0.15, 0.2) is 0 Å². The normalized spacial score (nSPS) is 13.9. The lowest BCUT2D eigenvalue weighted by molar-refractivity contribution is -0.139. The van der Waals surface area contributed by atoms with Crippen molar-refractivity contribution < 1.29 is 31.5 Å². The lowest BCUT2D eigenvalue weighted by Gasteiger charge is -2.16. The molecule has 0 amide bonds. The van der Waals surface area contributed by atoms with Crippen LogP contribution >= 0.6 is 0 Å². The first-order valence-electron chi connectivity index (χ1n) is 5.24. The molecule has 0 spiro atoms. The van der Waals surface area contributed by atoms with Crippen molar-refractivity contribution in [3.8, 4) is 0 Å². The van der Waals surface area contributed by atoms with Crippen molar-refractivity contribution in [1.82, 2.24) is 10.3 Å². The van der Waals surface area contributed by atoms with Crippen LogP contribution < -0.4 is 10.3 Å². The smallest absolute Gasteiger partial charge is 0.480 e. The number of hydrogen-bond acceptors (Lipinski definition) is 4. The van der Waals surface area contributed by atoms with Gasteiger partial charge in [0, 0.05) is 0 Å². The maximum Gasteiger partial charge on any atom is 0.512 e. The van der Waals surface area contributed by atoms with Gasteiger partial charge in [0.1, 0.15) is 6.04 Å². The third-order valence-electron chi connectivity index (χ3n) is 2.25. The van der Waals surface area contributed by atoms with Gasteiger partial charge in [-0.05, 0) is 12.0 Å². The molecule has 20 heavy (non-hydrogen) atoms. The molecule has 0 aliphatic carbocycles. The first kappa shape index (κ1) is 16.4. The fraction of sp³-hybridized carbons (Fsp3) is 0.300. The first-order valence-corrected chi connectivity index (χ1v) is 6.72. The van der Waals surface area contributed by atoms with E-state index in [1.165, 1.54) is 0 Å². The van der Waals surface area contributed by atoms with Crippen LogP contribution in [0.1, 0.15) is 5.56 Å². The predicted molar refractivity (Wildman–Crippen MR) is 62.8 cm³/mol. The molecule has 0 radical (unpaired) electrons. The number of carboxylic acid groups (broad SMARTS) is 1. The standard InChI is InChI=1S/C10H11F3N2O4S/c11-10(12,13)20(18,19)15-14-8(9(16)17)6-7-4-2-1-3-5-7/h1-5,8,14-15H,6H2,(H,16,17)/t8-/m0/s1. The molecule has 0 fully saturated rings. The largest absolute Gasteiger partial charge is 0.512 e. The van der Waals surface area contributed by atoms with Gasteiger partial charge in [0.2, 0.25) is 0 Å². The van der Waals surface area contributed by atoms with Crippen molar-refractivity contribution in [3.05, 3.63) is 35.9 Å². The zero-order chi connectivity index (χ0) is 15.4. The maximum atomic E-state index is 12.1. The fourth-order valence-electron chi connectivity index (χ4n) is 1.26. The zero-order valence-corrected chi connectivity index (χ0v) is 10.7. The van der Waals surface area contributed by atoms with Crippen molar-refractivity contribution >= 4 is 16.0 Å². The summed E-state index contributed by atoms with van der Waals surface area (Å²) in [5, 5.41) is 8.86. The van der Waals surface area contributed by atoms with Crippen LogP contribution in [0.15, 0.2) is 30.3 Å². The van der Waals surface area contributed by atoms with Crippen LogP contribution in [0.3, 0.4) is 0 Å². The minimum Gasteiger partial charge on any atom is -0.480 e. The fourth-order valence-corrected chi connectivity index (χ4v) is 1.67. The second-order valence-corrected chi connectivity index (χ2v) is 5.45. The summed E-state index contributed by atoms with van der Waals surface area (Å²) in [5.74, 6) is -1.49. The molecule has 112 valence electrons. The average Bonchev–Trinajstić information content (AvgIpc) is 2.34. The summed E-state index contributed by atoms with van der Waals surface area (Å²) in [6, 6.07) is 6.52. The van der Waals surface area contributed by atoms with Crippen LogP contribution in [0.5, 0.6) is 0 Å². The number of nitrogens with one attached hydrogen (secondary N) is 2. The number of hydrogen-bond donors (Lipinski definition) is 3. The number of rotatable bonds is 6. The Morgan fingerprint density at radius 2 is 1.80 bits per heavy atom. The Morgan fingerprint density at radius 3 is 2.25 bits per heavy atom. The number of hydrazine groups is 1. The van der Waals surface area contributed by atoms with Crippen LogP contribution in [-0.2, 0) is 21.2 Å². The number of halogens is 3. The molecule has 6 nitrogen and oxygen atoms in total. The number of carbonyl (C=O) groups is 1. The van der Waals surface area contributed by atoms with Crippen molar-refractivity contribution in [1.29, 1.82) is 0 Å². The molecule has 0 heterocycles. The summed E-state index contributed by atoms with van der Waals surface area (Å²) in [6.45, 7) is 0. The molecule has 0 saturated heterocycles. The third kappa shape index (κ3) is 4.47. The third-order valence-corrected chi connectivity index (χ3v) is 3.25. The van der Waals surface area contributed by atoms with Gasteiger partial charge in [0.25, 0.3) is 0 Å². The van der Waals surface area contributed by atoms with E-state index in [4.69, 9.17) is 5.11 Å². The zero-order valence-electron chi connectivity index (χ0n) is 9.89. The molecule has 10 heteroatoms. The Balaban J connectivity index is 2.73. The van der Waals surface area contributed by atoms with E-state index in [1.54, 1.807) is 35.8 Å². The van der Waals surface area contributed by atoms with Gasteiger partial charge in [-0.25, -0.2) is 13.8 Å². The molecular formula is C10H11F3N2O4S. The van der Waals surface area contributed by atoms with Gasteiger partial charge in [-0.15, -0.1) is 4.83 Å². The van der Waals surface area contributed by atoms with Crippen LogP contribution in [0, 0.1) is 0 Å². The SMILES string of the molecule is O=C(O)[C@H](Cc1ccccc1)NNS(=O)(=O)C(F)(F)F. The Morgan fingerprint density at radius 1 is 1.25 bits per heavy atom. The van der Waals surface area contributed by atoms with Crippen LogP contribution in [0.4, 0.5) is 13.2 Å². The van der Waals surface area contributed by atoms with Gasteiger partial charge in [-0.2, -0.15) is 13.2 Å². The lowest BCUT2D eigenvalue weighted by Crippen LogP contribution is -2.52. The van der Waals surface area contributed by atoms with E-state index in [2.05, 4.69) is 0 Å². The number of alkyl halides is 3. The Kier molecular flexibility index (Phi) is 5.09. The quantitative estimate of drug-likeness (QED) is 0.670. The highest BCUT2D eigenvalue weighted by Crippen LogP contribution is 2.20. The van der Waals surface area contributed by atoms with Gasteiger partial charge >= 0.3 is 21.5 Å². The molecule has 0 aromatic heterocycles. The molecule has 0 aliphatic rings. The monoisotopic (exact) mass is 312 g/mol. The number of carboxylic acids is 1. The van der Waals surface area contributed by atoms with E-state index in [0.29, 0.717) is 5.56 Å². The maximum absolute atomic E-state index is 12.1. The molecular weight excluding hydrogens is 301 g/mol. The van der Waals surface area contributed by atoms with Crippen LogP contribution in [0.2, 0.25) is 0 Å². The first-order chi connectivity index (χ1) is 9.13. The van der Waals surface area contributed by atoms with Crippen molar-refractivity contribution in [3.63, 3.8) is 0 Å². The molecule has 1 rings (SSSR count). The van der Waals surface area contributed by atoms with Crippen LogP contribution in [-0.4, -0.2) is 31.0 Å². The Bertz CT molecular complexity index is 560. The van der Waals surface area contributed by atoms with E-state index in [0.717, 1.165) is 4.83 Å². The Hall–Kier alpha value is -1.65. The highest BCUT2D eigenvalue weighted by Gasteiger charge is 2.46. The number of sulfonamides is 1. The lowest BCUT2D eigenvalue weighted by atomic mass is 10.1. The van der Waals surface area contributed by atoms with Gasteiger partial charge in [-0.3, -0.25) is 4.79 Å². The molecule has 0 saturated carbocycles. The summed E-state index contributed by atoms with van der Waals surface area (Å²) >= 11 is 0. The second-order valence-electron chi connectivity index (χ2n) is 3.78. The van der Waals surface area contributed by atoms with E-state index >= 15 is 0 Å². The summed E-state index contributed by atoms with van der Waals surface area (Å²) in [4.78, 5) is 11.9. The number of aliphatic carboxylic acids is 1. The summed E-state index contributed by atoms with van der Waals surface area (Å²) in [6.07, 6.45) is -0.184. The van der Waals surface area contributed by atoms with Gasteiger partial charge < -0.3 is 5.11 Å². The summed E-state index contributed by atoms with van der Waals surface area (Å²) in [7, 11) is -5.64. The van der Waals surface area contributed by atoms with E-state index in [1.807, 2.05) is 0 Å². The second kappa shape index (κ2) is 6.20. The van der Waals surface area contributed by atoms with E-state index < -0.39 is 27.5 Å². The predicted octanol–water partition coefficient (Wildman–Crippen LogP) is 0.626. The van der Waals surface area contributed by atoms with Gasteiger partial charge in [-0.1, -0.05) is 30.3 Å².